The topological polar surface area (TPSA) is 46.3 Å². The van der Waals surface area contributed by atoms with Crippen molar-refractivity contribution in [3.63, 3.8) is 0 Å². The summed E-state index contributed by atoms with van der Waals surface area (Å²) in [5.74, 6) is 0.0539. The number of hydrogen-bond donors (Lipinski definition) is 1. The van der Waals surface area contributed by atoms with Crippen molar-refractivity contribution in [3.05, 3.63) is 29.3 Å². The maximum absolute atomic E-state index is 12.2. The first-order chi connectivity index (χ1) is 8.60. The zero-order valence-corrected chi connectivity index (χ0v) is 10.9. The monoisotopic (exact) mass is 244 g/mol. The summed E-state index contributed by atoms with van der Waals surface area (Å²) in [6.07, 6.45) is 6.50. The Morgan fingerprint density at radius 1 is 1.22 bits per heavy atom. The normalized spacial score (nSPS) is 20.1. The van der Waals surface area contributed by atoms with Crippen LogP contribution in [0.4, 0.5) is 5.69 Å². The molecule has 1 fully saturated rings. The van der Waals surface area contributed by atoms with Gasteiger partial charge in [0.05, 0.1) is 5.54 Å². The Bertz CT molecular complexity index is 491. The van der Waals surface area contributed by atoms with Gasteiger partial charge in [0.1, 0.15) is 0 Å². The number of likely N-dealkylation sites (N-methyl/N-ethyl adjacent to an activating group) is 1. The van der Waals surface area contributed by atoms with E-state index in [2.05, 4.69) is 12.1 Å². The molecule has 0 radical (unpaired) electrons. The lowest BCUT2D eigenvalue weighted by Gasteiger charge is -2.23. The van der Waals surface area contributed by atoms with E-state index in [0.29, 0.717) is 0 Å². The number of fused-ring (bicyclic) bond motifs is 1. The maximum Gasteiger partial charge on any atom is 0.246 e. The average molecular weight is 244 g/mol. The van der Waals surface area contributed by atoms with E-state index in [0.717, 1.165) is 24.9 Å². The smallest absolute Gasteiger partial charge is 0.246 e. The first-order valence-corrected chi connectivity index (χ1v) is 6.79. The summed E-state index contributed by atoms with van der Waals surface area (Å²) < 4.78 is 0. The molecule has 96 valence electrons. The van der Waals surface area contributed by atoms with Gasteiger partial charge in [-0.15, -0.1) is 0 Å². The van der Waals surface area contributed by atoms with Gasteiger partial charge in [-0.2, -0.15) is 0 Å². The Labute approximate surface area is 108 Å². The minimum Gasteiger partial charge on any atom is -0.317 e. The highest BCUT2D eigenvalue weighted by Crippen LogP contribution is 2.35. The van der Waals surface area contributed by atoms with Crippen LogP contribution >= 0.6 is 0 Å². The fraction of sp³-hybridized carbons (Fsp3) is 0.533. The van der Waals surface area contributed by atoms with Gasteiger partial charge in [0, 0.05) is 12.7 Å². The molecule has 0 aliphatic heterocycles. The Balaban J connectivity index is 1.85. The van der Waals surface area contributed by atoms with Crippen LogP contribution in [0.3, 0.4) is 0 Å². The Hall–Kier alpha value is -1.35. The molecule has 0 bridgehead atoms. The molecule has 0 saturated heterocycles. The van der Waals surface area contributed by atoms with Crippen LogP contribution in [0.2, 0.25) is 0 Å². The number of carbonyl (C=O) groups excluding carboxylic acids is 1. The molecule has 18 heavy (non-hydrogen) atoms. The highest BCUT2D eigenvalue weighted by Gasteiger charge is 2.47. The van der Waals surface area contributed by atoms with Gasteiger partial charge in [-0.05, 0) is 61.8 Å². The number of amides is 1. The van der Waals surface area contributed by atoms with Gasteiger partial charge in [0.15, 0.2) is 0 Å². The first kappa shape index (κ1) is 11.7. The van der Waals surface area contributed by atoms with Crippen molar-refractivity contribution >= 4 is 11.6 Å². The van der Waals surface area contributed by atoms with Crippen molar-refractivity contribution in [2.75, 3.05) is 11.9 Å². The molecule has 3 heteroatoms. The fourth-order valence-corrected chi connectivity index (χ4v) is 2.73. The number of nitrogens with two attached hydrogens (primary N) is 1. The van der Waals surface area contributed by atoms with E-state index in [1.54, 1.807) is 4.90 Å². The van der Waals surface area contributed by atoms with E-state index in [1.807, 2.05) is 13.1 Å². The first-order valence-electron chi connectivity index (χ1n) is 6.79. The van der Waals surface area contributed by atoms with E-state index in [9.17, 15) is 4.79 Å². The quantitative estimate of drug-likeness (QED) is 0.865. The second kappa shape index (κ2) is 4.09. The molecule has 3 rings (SSSR count). The molecule has 0 spiro atoms. The summed E-state index contributed by atoms with van der Waals surface area (Å²) in [6, 6.07) is 6.38. The van der Waals surface area contributed by atoms with Crippen LogP contribution < -0.4 is 10.6 Å². The number of hydrogen-bond acceptors (Lipinski definition) is 2. The van der Waals surface area contributed by atoms with Crippen LogP contribution in [0.25, 0.3) is 0 Å². The summed E-state index contributed by atoms with van der Waals surface area (Å²) in [4.78, 5) is 13.9. The largest absolute Gasteiger partial charge is 0.317 e. The molecule has 1 amide bonds. The molecule has 1 saturated carbocycles. The van der Waals surface area contributed by atoms with Crippen molar-refractivity contribution < 1.29 is 4.79 Å². The van der Waals surface area contributed by atoms with Crippen LogP contribution in [-0.4, -0.2) is 18.5 Å². The van der Waals surface area contributed by atoms with Crippen molar-refractivity contribution in [3.8, 4) is 0 Å². The molecule has 3 nitrogen and oxygen atoms in total. The van der Waals surface area contributed by atoms with Gasteiger partial charge in [0.25, 0.3) is 0 Å². The average Bonchev–Trinajstić information content (AvgIpc) is 3.16. The summed E-state index contributed by atoms with van der Waals surface area (Å²) >= 11 is 0. The van der Waals surface area contributed by atoms with E-state index in [4.69, 9.17) is 5.73 Å². The highest BCUT2D eigenvalue weighted by atomic mass is 16.2. The lowest BCUT2D eigenvalue weighted by Crippen LogP contribution is -2.44. The number of aryl methyl sites for hydroxylation is 2. The van der Waals surface area contributed by atoms with Crippen LogP contribution in [0.5, 0.6) is 0 Å². The number of nitrogens with zero attached hydrogens (tertiary/aromatic N) is 1. The van der Waals surface area contributed by atoms with Gasteiger partial charge in [-0.25, -0.2) is 0 Å². The lowest BCUT2D eigenvalue weighted by atomic mass is 9.91. The van der Waals surface area contributed by atoms with Crippen LogP contribution in [-0.2, 0) is 17.6 Å². The van der Waals surface area contributed by atoms with Crippen LogP contribution in [0, 0.1) is 0 Å². The Kier molecular flexibility index (Phi) is 2.67. The van der Waals surface area contributed by atoms with Gasteiger partial charge >= 0.3 is 0 Å². The van der Waals surface area contributed by atoms with Gasteiger partial charge in [0.2, 0.25) is 5.91 Å². The van der Waals surface area contributed by atoms with Gasteiger partial charge in [-0.3, -0.25) is 4.79 Å². The molecular weight excluding hydrogens is 224 g/mol. The standard InChI is InChI=1S/C15H20N2O/c1-17(14(18)15(16)8-9-15)13-7-6-11-4-2-3-5-12(11)10-13/h6-7,10H,2-5,8-9,16H2,1H3. The number of carbonyl (C=O) groups is 1. The van der Waals surface area contributed by atoms with Crippen LogP contribution in [0.1, 0.15) is 36.8 Å². The molecule has 2 N–H and O–H groups in total. The van der Waals surface area contributed by atoms with Crippen molar-refractivity contribution in [1.29, 1.82) is 0 Å². The molecule has 0 atom stereocenters. The summed E-state index contributed by atoms with van der Waals surface area (Å²) in [5.41, 5.74) is 9.23. The van der Waals surface area contributed by atoms with Crippen molar-refractivity contribution in [2.45, 2.75) is 44.1 Å². The summed E-state index contributed by atoms with van der Waals surface area (Å²) in [5, 5.41) is 0. The third kappa shape index (κ3) is 1.93. The van der Waals surface area contributed by atoms with E-state index in [-0.39, 0.29) is 5.91 Å². The SMILES string of the molecule is CN(C(=O)C1(N)CC1)c1ccc2c(c1)CCCC2. The van der Waals surface area contributed by atoms with E-state index < -0.39 is 5.54 Å². The van der Waals surface area contributed by atoms with Crippen LogP contribution in [0.15, 0.2) is 18.2 Å². The third-order valence-corrected chi connectivity index (χ3v) is 4.24. The minimum atomic E-state index is -0.579. The molecule has 1 aromatic carbocycles. The molecule has 0 heterocycles. The molecular formula is C15H20N2O. The number of rotatable bonds is 2. The predicted molar refractivity (Wildman–Crippen MR) is 72.6 cm³/mol. The van der Waals surface area contributed by atoms with E-state index >= 15 is 0 Å². The third-order valence-electron chi connectivity index (χ3n) is 4.24. The zero-order chi connectivity index (χ0) is 12.8. The number of benzene rings is 1. The fourth-order valence-electron chi connectivity index (χ4n) is 2.73. The molecule has 1 aromatic rings. The predicted octanol–water partition coefficient (Wildman–Crippen LogP) is 2.02. The lowest BCUT2D eigenvalue weighted by molar-refractivity contribution is -0.120. The zero-order valence-electron chi connectivity index (χ0n) is 10.9. The summed E-state index contributed by atoms with van der Waals surface area (Å²) in [6.45, 7) is 0. The Morgan fingerprint density at radius 2 is 1.89 bits per heavy atom. The minimum absolute atomic E-state index is 0.0539. The Morgan fingerprint density at radius 3 is 2.56 bits per heavy atom. The van der Waals surface area contributed by atoms with Crippen molar-refractivity contribution in [1.82, 2.24) is 0 Å². The molecule has 2 aliphatic carbocycles. The maximum atomic E-state index is 12.2. The highest BCUT2D eigenvalue weighted by molar-refractivity contribution is 6.01. The van der Waals surface area contributed by atoms with Crippen molar-refractivity contribution in [2.24, 2.45) is 5.73 Å². The second-order valence-corrected chi connectivity index (χ2v) is 5.68. The second-order valence-electron chi connectivity index (χ2n) is 5.68. The molecule has 2 aliphatic rings. The summed E-state index contributed by atoms with van der Waals surface area (Å²) in [7, 11) is 1.83. The van der Waals surface area contributed by atoms with E-state index in [1.165, 1.54) is 30.4 Å². The molecule has 0 unspecified atom stereocenters. The van der Waals surface area contributed by atoms with Gasteiger partial charge in [-0.1, -0.05) is 6.07 Å². The molecule has 0 aromatic heterocycles. The number of anilines is 1. The van der Waals surface area contributed by atoms with Gasteiger partial charge < -0.3 is 10.6 Å².